The highest BCUT2D eigenvalue weighted by Gasteiger charge is 2.20. The van der Waals surface area contributed by atoms with E-state index in [2.05, 4.69) is 9.97 Å². The first-order valence-corrected chi connectivity index (χ1v) is 7.42. The van der Waals surface area contributed by atoms with Gasteiger partial charge in [0, 0.05) is 5.56 Å². The van der Waals surface area contributed by atoms with Crippen LogP contribution >= 0.6 is 0 Å². The van der Waals surface area contributed by atoms with E-state index in [1.807, 2.05) is 19.9 Å². The molecule has 1 aromatic heterocycles. The number of carbonyl (C=O) groups excluding carboxylic acids is 1. The van der Waals surface area contributed by atoms with Crippen molar-refractivity contribution in [2.45, 2.75) is 27.7 Å². The Morgan fingerprint density at radius 3 is 2.65 bits per heavy atom. The number of aromatic hydroxyl groups is 1. The molecule has 0 aliphatic carbocycles. The normalized spacial score (nSPS) is 10.3. The van der Waals surface area contributed by atoms with E-state index in [1.165, 1.54) is 0 Å². The molecule has 120 valence electrons. The molecule has 0 saturated carbocycles. The highest BCUT2D eigenvalue weighted by atomic mass is 16.5. The van der Waals surface area contributed by atoms with Gasteiger partial charge in [-0.15, -0.1) is 0 Å². The molecule has 2 rings (SSSR count). The van der Waals surface area contributed by atoms with Crippen LogP contribution in [0.25, 0.3) is 17.3 Å². The Hall–Kier alpha value is -2.69. The fraction of sp³-hybridized carbons (Fsp3) is 0.278. The van der Waals surface area contributed by atoms with Gasteiger partial charge in [0.1, 0.15) is 11.3 Å². The van der Waals surface area contributed by atoms with Gasteiger partial charge >= 0.3 is 5.97 Å². The average molecular weight is 312 g/mol. The molecular weight excluding hydrogens is 292 g/mol. The molecule has 0 unspecified atom stereocenters. The van der Waals surface area contributed by atoms with Crippen LogP contribution in [0.4, 0.5) is 0 Å². The van der Waals surface area contributed by atoms with Gasteiger partial charge in [-0.25, -0.2) is 14.8 Å². The summed E-state index contributed by atoms with van der Waals surface area (Å²) >= 11 is 0. The molecule has 0 atom stereocenters. The maximum absolute atomic E-state index is 12.3. The molecule has 5 heteroatoms. The van der Waals surface area contributed by atoms with Crippen LogP contribution in [0.3, 0.4) is 0 Å². The number of esters is 1. The summed E-state index contributed by atoms with van der Waals surface area (Å²) in [6.45, 7) is 7.67. The van der Waals surface area contributed by atoms with E-state index in [9.17, 15) is 9.90 Å². The Morgan fingerprint density at radius 1 is 1.30 bits per heavy atom. The lowest BCUT2D eigenvalue weighted by Crippen LogP contribution is -2.12. The number of hydrogen-bond acceptors (Lipinski definition) is 5. The highest BCUT2D eigenvalue weighted by molar-refractivity contribution is 5.97. The maximum Gasteiger partial charge on any atom is 0.342 e. The molecule has 0 aliphatic rings. The molecule has 0 saturated heterocycles. The van der Waals surface area contributed by atoms with E-state index >= 15 is 0 Å². The number of ether oxygens (including phenoxy) is 1. The van der Waals surface area contributed by atoms with Gasteiger partial charge in [-0.05, 0) is 45.9 Å². The summed E-state index contributed by atoms with van der Waals surface area (Å²) in [6, 6.07) is 6.63. The summed E-state index contributed by atoms with van der Waals surface area (Å²) in [6.07, 6.45) is 1.84. The largest absolute Gasteiger partial charge is 0.508 e. The van der Waals surface area contributed by atoms with Crippen LogP contribution in [-0.2, 0) is 4.74 Å². The molecular formula is C18H20N2O3. The SMILES string of the molecule is CCOC(=O)c1c(C)nc(C=C(C)C)nc1-c1cccc(O)c1. The summed E-state index contributed by atoms with van der Waals surface area (Å²) in [7, 11) is 0. The molecule has 23 heavy (non-hydrogen) atoms. The zero-order valence-corrected chi connectivity index (χ0v) is 13.8. The van der Waals surface area contributed by atoms with Gasteiger partial charge in [-0.1, -0.05) is 17.7 Å². The van der Waals surface area contributed by atoms with Gasteiger partial charge in [0.05, 0.1) is 18.0 Å². The second-order valence-corrected chi connectivity index (χ2v) is 5.38. The molecule has 0 fully saturated rings. The van der Waals surface area contributed by atoms with Crippen LogP contribution in [0.15, 0.2) is 29.8 Å². The summed E-state index contributed by atoms with van der Waals surface area (Å²) in [5.74, 6) is 0.165. The zero-order valence-electron chi connectivity index (χ0n) is 13.8. The number of phenolic OH excluding ortho intramolecular Hbond substituents is 1. The Kier molecular flexibility index (Phi) is 5.11. The van der Waals surface area contributed by atoms with E-state index in [0.29, 0.717) is 28.3 Å². The number of benzene rings is 1. The van der Waals surface area contributed by atoms with E-state index < -0.39 is 5.97 Å². The van der Waals surface area contributed by atoms with E-state index in [1.54, 1.807) is 38.1 Å². The van der Waals surface area contributed by atoms with Crippen molar-refractivity contribution in [2.24, 2.45) is 0 Å². The molecule has 5 nitrogen and oxygen atoms in total. The Bertz CT molecular complexity index is 763. The fourth-order valence-corrected chi connectivity index (χ4v) is 2.23. The predicted molar refractivity (Wildman–Crippen MR) is 89.2 cm³/mol. The highest BCUT2D eigenvalue weighted by Crippen LogP contribution is 2.27. The van der Waals surface area contributed by atoms with Gasteiger partial charge < -0.3 is 9.84 Å². The molecule has 0 bridgehead atoms. The molecule has 1 N–H and O–H groups in total. The minimum atomic E-state index is -0.466. The van der Waals surface area contributed by atoms with Crippen molar-refractivity contribution in [3.63, 3.8) is 0 Å². The van der Waals surface area contributed by atoms with Crippen LogP contribution in [-0.4, -0.2) is 27.7 Å². The number of allylic oxidation sites excluding steroid dienone is 1. The van der Waals surface area contributed by atoms with Crippen LogP contribution in [0.5, 0.6) is 5.75 Å². The lowest BCUT2D eigenvalue weighted by molar-refractivity contribution is 0.0525. The number of aryl methyl sites for hydroxylation is 1. The van der Waals surface area contributed by atoms with Crippen molar-refractivity contribution >= 4 is 12.0 Å². The third-order valence-electron chi connectivity index (χ3n) is 3.12. The van der Waals surface area contributed by atoms with Gasteiger partial charge in [0.2, 0.25) is 0 Å². The van der Waals surface area contributed by atoms with Crippen LogP contribution in [0.1, 0.15) is 42.6 Å². The smallest absolute Gasteiger partial charge is 0.342 e. The molecule has 0 spiro atoms. The number of nitrogens with zero attached hydrogens (tertiary/aromatic N) is 2. The van der Waals surface area contributed by atoms with Gasteiger partial charge in [0.25, 0.3) is 0 Å². The molecule has 0 amide bonds. The second kappa shape index (κ2) is 7.05. The Labute approximate surface area is 135 Å². The topological polar surface area (TPSA) is 72.3 Å². The number of aromatic nitrogens is 2. The Balaban J connectivity index is 2.70. The maximum atomic E-state index is 12.3. The minimum Gasteiger partial charge on any atom is -0.508 e. The molecule has 0 radical (unpaired) electrons. The van der Waals surface area contributed by atoms with Crippen LogP contribution in [0.2, 0.25) is 0 Å². The monoisotopic (exact) mass is 312 g/mol. The lowest BCUT2D eigenvalue weighted by Gasteiger charge is -2.12. The second-order valence-electron chi connectivity index (χ2n) is 5.38. The Morgan fingerprint density at radius 2 is 2.04 bits per heavy atom. The van der Waals surface area contributed by atoms with Gasteiger partial charge in [0.15, 0.2) is 5.82 Å². The van der Waals surface area contributed by atoms with E-state index in [0.717, 1.165) is 5.57 Å². The number of hydrogen-bond donors (Lipinski definition) is 1. The molecule has 2 aromatic rings. The quantitative estimate of drug-likeness (QED) is 0.870. The van der Waals surface area contributed by atoms with Crippen molar-refractivity contribution in [3.8, 4) is 17.0 Å². The third kappa shape index (κ3) is 3.94. The average Bonchev–Trinajstić information content (AvgIpc) is 2.46. The first kappa shape index (κ1) is 16.7. The van der Waals surface area contributed by atoms with E-state index in [4.69, 9.17) is 4.74 Å². The van der Waals surface area contributed by atoms with Crippen molar-refractivity contribution in [1.29, 1.82) is 0 Å². The molecule has 1 heterocycles. The minimum absolute atomic E-state index is 0.109. The lowest BCUT2D eigenvalue weighted by atomic mass is 10.0. The number of rotatable bonds is 4. The molecule has 0 aliphatic heterocycles. The summed E-state index contributed by atoms with van der Waals surface area (Å²) < 4.78 is 5.13. The first-order chi connectivity index (χ1) is 10.9. The van der Waals surface area contributed by atoms with Gasteiger partial charge in [-0.2, -0.15) is 0 Å². The third-order valence-corrected chi connectivity index (χ3v) is 3.12. The van der Waals surface area contributed by atoms with Crippen molar-refractivity contribution in [2.75, 3.05) is 6.61 Å². The van der Waals surface area contributed by atoms with Crippen molar-refractivity contribution < 1.29 is 14.6 Å². The van der Waals surface area contributed by atoms with E-state index in [-0.39, 0.29) is 12.4 Å². The summed E-state index contributed by atoms with van der Waals surface area (Å²) in [5.41, 5.74) is 3.02. The summed E-state index contributed by atoms with van der Waals surface area (Å²) in [5, 5.41) is 9.72. The molecule has 1 aromatic carbocycles. The van der Waals surface area contributed by atoms with Gasteiger partial charge in [-0.3, -0.25) is 0 Å². The van der Waals surface area contributed by atoms with Crippen molar-refractivity contribution in [1.82, 2.24) is 9.97 Å². The fourth-order valence-electron chi connectivity index (χ4n) is 2.23. The number of phenols is 1. The van der Waals surface area contributed by atoms with Crippen molar-refractivity contribution in [3.05, 3.63) is 46.9 Å². The number of carbonyl (C=O) groups is 1. The standard InChI is InChI=1S/C18H20N2O3/c1-5-23-18(22)16-12(4)19-15(9-11(2)3)20-17(16)13-7-6-8-14(21)10-13/h6-10,21H,5H2,1-4H3. The predicted octanol–water partition coefficient (Wildman–Crippen LogP) is 3.76. The first-order valence-electron chi connectivity index (χ1n) is 7.42. The van der Waals surface area contributed by atoms with Crippen LogP contribution < -0.4 is 0 Å². The summed E-state index contributed by atoms with van der Waals surface area (Å²) in [4.78, 5) is 21.2. The zero-order chi connectivity index (χ0) is 17.0. The van der Waals surface area contributed by atoms with Crippen LogP contribution in [0, 0.1) is 6.92 Å².